The summed E-state index contributed by atoms with van der Waals surface area (Å²) in [7, 11) is 0. The monoisotopic (exact) mass is 189 g/mol. The van der Waals surface area contributed by atoms with Crippen LogP contribution >= 0.6 is 0 Å². The van der Waals surface area contributed by atoms with E-state index in [4.69, 9.17) is 0 Å². The predicted octanol–water partition coefficient (Wildman–Crippen LogP) is 2.60. The maximum atomic E-state index is 4.61. The first-order chi connectivity index (χ1) is 6.90. The van der Waals surface area contributed by atoms with Crippen LogP contribution in [0.5, 0.6) is 0 Å². The van der Waals surface area contributed by atoms with Gasteiger partial charge in [0, 0.05) is 12.2 Å². The Morgan fingerprint density at radius 3 is 3.21 bits per heavy atom. The fraction of sp³-hybridized carbons (Fsp3) is 0.500. The van der Waals surface area contributed by atoms with Crippen LogP contribution < -0.4 is 5.32 Å². The zero-order chi connectivity index (χ0) is 9.80. The van der Waals surface area contributed by atoms with Crippen molar-refractivity contribution in [3.63, 3.8) is 0 Å². The lowest BCUT2D eigenvalue weighted by atomic mass is 10.1. The van der Waals surface area contributed by atoms with Crippen molar-refractivity contribution in [1.29, 1.82) is 0 Å². The molecule has 2 heteroatoms. The predicted molar refractivity (Wildman–Crippen MR) is 59.3 cm³/mol. The van der Waals surface area contributed by atoms with Gasteiger partial charge in [-0.3, -0.25) is 0 Å². The highest BCUT2D eigenvalue weighted by Gasteiger charge is 2.09. The summed E-state index contributed by atoms with van der Waals surface area (Å²) >= 11 is 0. The molecule has 0 aliphatic carbocycles. The van der Waals surface area contributed by atoms with Crippen LogP contribution in [0.15, 0.2) is 12.1 Å². The number of hydrogen-bond acceptors (Lipinski definition) is 2. The Morgan fingerprint density at radius 1 is 1.43 bits per heavy atom. The van der Waals surface area contributed by atoms with Crippen molar-refractivity contribution in [3.8, 4) is 0 Å². The summed E-state index contributed by atoms with van der Waals surface area (Å²) in [5.41, 5.74) is 2.57. The average molecular weight is 189 g/mol. The molecule has 0 atom stereocenters. The Bertz CT molecular complexity index is 307. The lowest BCUT2D eigenvalue weighted by Crippen LogP contribution is -2.13. The number of unbranched alkanes of at least 4 members (excludes halogenated alkanes) is 1. The molecule has 2 heterocycles. The quantitative estimate of drug-likeness (QED) is 0.790. The number of pyridine rings is 1. The van der Waals surface area contributed by atoms with Crippen LogP contribution in [-0.4, -0.2) is 11.5 Å². The first-order valence-corrected chi connectivity index (χ1v) is 5.42. The van der Waals surface area contributed by atoms with Crippen LogP contribution in [0.4, 0.5) is 5.82 Å². The molecule has 0 aromatic carbocycles. The third kappa shape index (κ3) is 2.06. The summed E-state index contributed by atoms with van der Waals surface area (Å²) in [5, 5.41) is 3.35. The van der Waals surface area contributed by atoms with E-state index in [2.05, 4.69) is 29.4 Å². The number of aromatic nitrogens is 1. The molecule has 0 bridgehead atoms. The van der Waals surface area contributed by atoms with Gasteiger partial charge in [0.1, 0.15) is 5.82 Å². The van der Waals surface area contributed by atoms with Crippen molar-refractivity contribution >= 4 is 5.82 Å². The first kappa shape index (κ1) is 9.50. The smallest absolute Gasteiger partial charge is 0.129 e. The maximum Gasteiger partial charge on any atom is 0.129 e. The van der Waals surface area contributed by atoms with Crippen LogP contribution in [0.25, 0.3) is 0 Å². The Balaban J connectivity index is 2.12. The third-order valence-electron chi connectivity index (χ3n) is 2.63. The van der Waals surface area contributed by atoms with Gasteiger partial charge in [-0.1, -0.05) is 19.4 Å². The van der Waals surface area contributed by atoms with E-state index in [9.17, 15) is 0 Å². The van der Waals surface area contributed by atoms with Gasteiger partial charge in [0.05, 0.1) is 0 Å². The van der Waals surface area contributed by atoms with Gasteiger partial charge in [0.25, 0.3) is 0 Å². The maximum absolute atomic E-state index is 4.61. The van der Waals surface area contributed by atoms with Crippen LogP contribution in [0.2, 0.25) is 0 Å². The average Bonchev–Trinajstić information content (AvgIpc) is 2.26. The molecule has 1 aromatic heterocycles. The van der Waals surface area contributed by atoms with E-state index in [1.807, 2.05) is 0 Å². The van der Waals surface area contributed by atoms with Crippen molar-refractivity contribution in [3.05, 3.63) is 30.3 Å². The van der Waals surface area contributed by atoms with Gasteiger partial charge >= 0.3 is 0 Å². The fourth-order valence-electron chi connectivity index (χ4n) is 1.81. The minimum absolute atomic E-state index is 0.992. The second-order valence-corrected chi connectivity index (χ2v) is 3.80. The minimum atomic E-state index is 0.992. The van der Waals surface area contributed by atoms with E-state index >= 15 is 0 Å². The van der Waals surface area contributed by atoms with Gasteiger partial charge in [-0.05, 0) is 37.3 Å². The Kier molecular flexibility index (Phi) is 3.02. The topological polar surface area (TPSA) is 24.9 Å². The molecule has 1 radical (unpaired) electrons. The van der Waals surface area contributed by atoms with E-state index in [0.717, 1.165) is 31.6 Å². The van der Waals surface area contributed by atoms with E-state index in [-0.39, 0.29) is 0 Å². The van der Waals surface area contributed by atoms with Gasteiger partial charge < -0.3 is 5.32 Å². The number of nitrogens with zero attached hydrogens (tertiary/aromatic N) is 1. The number of aryl methyl sites for hydroxylation is 2. The number of hydrogen-bond donors (Lipinski definition) is 1. The molecular formula is C12H17N2. The molecule has 0 unspecified atom stereocenters. The summed E-state index contributed by atoms with van der Waals surface area (Å²) in [4.78, 5) is 4.61. The molecule has 0 spiro atoms. The van der Waals surface area contributed by atoms with Gasteiger partial charge in [-0.15, -0.1) is 0 Å². The molecule has 14 heavy (non-hydrogen) atoms. The highest BCUT2D eigenvalue weighted by Crippen LogP contribution is 2.20. The highest BCUT2D eigenvalue weighted by atomic mass is 15.0. The minimum Gasteiger partial charge on any atom is -0.370 e. The van der Waals surface area contributed by atoms with Crippen molar-refractivity contribution in [2.45, 2.75) is 32.1 Å². The van der Waals surface area contributed by atoms with Gasteiger partial charge in [0.2, 0.25) is 0 Å². The number of rotatable bonds is 3. The lowest BCUT2D eigenvalue weighted by Gasteiger charge is -2.17. The molecule has 0 fully saturated rings. The molecule has 1 N–H and O–H groups in total. The van der Waals surface area contributed by atoms with Crippen molar-refractivity contribution < 1.29 is 0 Å². The third-order valence-corrected chi connectivity index (χ3v) is 2.63. The molecule has 0 saturated heterocycles. The Hall–Kier alpha value is -1.05. The fourth-order valence-corrected chi connectivity index (χ4v) is 1.81. The highest BCUT2D eigenvalue weighted by molar-refractivity contribution is 5.46. The Labute approximate surface area is 85.7 Å². The zero-order valence-corrected chi connectivity index (χ0v) is 8.55. The number of nitrogens with one attached hydrogen (secondary N) is 1. The van der Waals surface area contributed by atoms with Gasteiger partial charge in [-0.2, -0.15) is 0 Å². The van der Waals surface area contributed by atoms with E-state index in [1.165, 1.54) is 24.1 Å². The van der Waals surface area contributed by atoms with Crippen LogP contribution in [0, 0.1) is 6.92 Å². The number of anilines is 1. The molecule has 75 valence electrons. The second-order valence-electron chi connectivity index (χ2n) is 3.80. The molecule has 2 rings (SSSR count). The normalized spacial score (nSPS) is 14.6. The summed E-state index contributed by atoms with van der Waals surface area (Å²) in [6.45, 7) is 4.91. The molecule has 2 nitrogen and oxygen atoms in total. The number of fused-ring (bicyclic) bond motifs is 1. The van der Waals surface area contributed by atoms with Crippen LogP contribution in [0.3, 0.4) is 0 Å². The summed E-state index contributed by atoms with van der Waals surface area (Å²) in [6, 6.07) is 4.37. The van der Waals surface area contributed by atoms with Crippen molar-refractivity contribution in [2.24, 2.45) is 0 Å². The summed E-state index contributed by atoms with van der Waals surface area (Å²) < 4.78 is 0. The van der Waals surface area contributed by atoms with Crippen LogP contribution in [0.1, 0.15) is 30.5 Å². The zero-order valence-electron chi connectivity index (χ0n) is 8.55. The van der Waals surface area contributed by atoms with Crippen molar-refractivity contribution in [2.75, 3.05) is 11.9 Å². The first-order valence-electron chi connectivity index (χ1n) is 5.42. The van der Waals surface area contributed by atoms with E-state index in [1.54, 1.807) is 0 Å². The molecule has 0 saturated carbocycles. The van der Waals surface area contributed by atoms with Crippen molar-refractivity contribution in [1.82, 2.24) is 4.98 Å². The molecule has 1 aliphatic rings. The summed E-state index contributed by atoms with van der Waals surface area (Å²) in [5.74, 6) is 1.11. The van der Waals surface area contributed by atoms with E-state index < -0.39 is 0 Å². The largest absolute Gasteiger partial charge is 0.370 e. The van der Waals surface area contributed by atoms with Gasteiger partial charge in [-0.25, -0.2) is 4.98 Å². The summed E-state index contributed by atoms with van der Waals surface area (Å²) in [6.07, 6.45) is 5.58. The molecule has 1 aliphatic heterocycles. The standard InChI is InChI=1S/C12H17N2/c1-2-3-6-11-8-7-10-5-4-9-13-12(10)14-11/h7-8H,1-6,9H2,(H,13,14). The molecular weight excluding hydrogens is 172 g/mol. The van der Waals surface area contributed by atoms with Gasteiger partial charge in [0.15, 0.2) is 0 Å². The lowest BCUT2D eigenvalue weighted by molar-refractivity contribution is 0.787. The van der Waals surface area contributed by atoms with E-state index in [0.29, 0.717) is 0 Å². The van der Waals surface area contributed by atoms with Crippen LogP contribution in [-0.2, 0) is 12.8 Å². The molecule has 1 aromatic rings. The Morgan fingerprint density at radius 2 is 2.36 bits per heavy atom. The SMILES string of the molecule is [CH2]CCCc1ccc2c(n1)NCCC2. The second kappa shape index (κ2) is 4.45. The molecule has 0 amide bonds.